The van der Waals surface area contributed by atoms with Crippen LogP contribution < -0.4 is 9.80 Å². The van der Waals surface area contributed by atoms with Gasteiger partial charge in [-0.1, -0.05) is 31.7 Å². The summed E-state index contributed by atoms with van der Waals surface area (Å²) >= 11 is 0. The summed E-state index contributed by atoms with van der Waals surface area (Å²) in [4.78, 5) is 56.7. The van der Waals surface area contributed by atoms with Crippen molar-refractivity contribution in [2.45, 2.75) is 67.9 Å². The van der Waals surface area contributed by atoms with Crippen LogP contribution in [0, 0.1) is 35.8 Å². The molecule has 452 valence electrons. The molecule has 4 atom stereocenters. The van der Waals surface area contributed by atoms with Crippen molar-refractivity contribution < 1.29 is 97.1 Å². The van der Waals surface area contributed by atoms with Crippen LogP contribution in [0.3, 0.4) is 0 Å². The highest BCUT2D eigenvalue weighted by atomic mass is 32.2. The third kappa shape index (κ3) is 14.4. The number of hydrogen-bond donors (Lipinski definition) is 0. The minimum absolute atomic E-state index is 0. The number of amides is 6. The molecule has 0 radical (unpaired) electrons. The maximum Gasteiger partial charge on any atom is 0.474 e. The lowest BCUT2D eigenvalue weighted by Crippen LogP contribution is -2.51. The second kappa shape index (κ2) is 24.0. The average Bonchev–Trinajstić information content (AvgIpc) is 0.839. The molecule has 4 aromatic rings. The van der Waals surface area contributed by atoms with Gasteiger partial charge in [0.05, 0.1) is 89.3 Å². The Morgan fingerprint density at radius 2 is 0.847 bits per heavy atom. The van der Waals surface area contributed by atoms with E-state index in [-0.39, 0.29) is 38.6 Å². The number of nitriles is 2. The Bertz CT molecular complexity index is 3960. The highest BCUT2D eigenvalue weighted by Crippen LogP contribution is 2.47. The molecule has 0 fully saturated rings. The monoisotopic (exact) mass is 1280 g/mol. The third-order valence-electron chi connectivity index (χ3n) is 11.7. The first-order valence-electron chi connectivity index (χ1n) is 22.2. The Kier molecular flexibility index (Phi) is 19.4. The molecule has 2 aliphatic heterocycles. The molecule has 36 heteroatoms. The average molecular weight is 1280 g/mol. The SMILES string of the molecule is C.[C-]#[N+]C1=C(C)N(c2cccc(C(F)(F)F)c2)C(=O)N(S(C)(=O)=O)[C@@H]1c1ccc(C#N)cc1[S@@](C)(=O)=NC(=O)C(F)(F)F.[C-]#[N+]C1=C(C)N(c2cccc(C(F)(F)F)c2)C(=O)N(S(C)(=O)=O)[C@@H]1c1ccc(C#N)cc1[S@](C)(=O)=NC(=O)C(F)(F)F. The lowest BCUT2D eigenvalue weighted by molar-refractivity contribution is -0.169. The predicted molar refractivity (Wildman–Crippen MR) is 277 cm³/mol. The highest BCUT2D eigenvalue weighted by molar-refractivity contribution is 7.93. The van der Waals surface area contributed by atoms with Crippen molar-refractivity contribution in [1.82, 2.24) is 8.61 Å². The zero-order chi connectivity index (χ0) is 64.0. The number of carbonyl (C=O) groups is 4. The number of benzene rings is 4. The molecule has 0 aromatic heterocycles. The minimum Gasteiger partial charge on any atom is -0.277 e. The molecule has 0 unspecified atom stereocenters. The number of nitrogens with zero attached hydrogens (tertiary/aromatic N) is 10. The van der Waals surface area contributed by atoms with Gasteiger partial charge in [0.2, 0.25) is 31.4 Å². The Morgan fingerprint density at radius 3 is 1.09 bits per heavy atom. The summed E-state index contributed by atoms with van der Waals surface area (Å²) in [5.74, 6) is -5.51. The molecule has 85 heavy (non-hydrogen) atoms. The Hall–Kier alpha value is -8.84. The molecule has 0 N–H and O–H groups in total. The number of rotatable bonds is 8. The molecule has 0 aliphatic carbocycles. The lowest BCUT2D eigenvalue weighted by atomic mass is 9.98. The van der Waals surface area contributed by atoms with Crippen molar-refractivity contribution in [2.24, 2.45) is 8.73 Å². The normalized spacial score (nSPS) is 17.6. The summed E-state index contributed by atoms with van der Waals surface area (Å²) in [6, 6.07) is 8.17. The first kappa shape index (κ1) is 68.7. The molecule has 20 nitrogen and oxygen atoms in total. The van der Waals surface area contributed by atoms with Crippen LogP contribution in [-0.2, 0) is 61.4 Å². The first-order chi connectivity index (χ1) is 38.3. The lowest BCUT2D eigenvalue weighted by Gasteiger charge is -2.41. The van der Waals surface area contributed by atoms with E-state index in [1.165, 1.54) is 0 Å². The van der Waals surface area contributed by atoms with Gasteiger partial charge in [-0.25, -0.2) is 53.1 Å². The van der Waals surface area contributed by atoms with Crippen LogP contribution in [0.5, 0.6) is 0 Å². The third-order valence-corrected chi connectivity index (χ3v) is 17.2. The molecule has 2 aliphatic rings. The Labute approximate surface area is 476 Å². The van der Waals surface area contributed by atoms with Crippen molar-refractivity contribution in [3.8, 4) is 12.1 Å². The van der Waals surface area contributed by atoms with E-state index in [1.807, 2.05) is 0 Å². The number of carbonyl (C=O) groups excluding carboxylic acids is 4. The van der Waals surface area contributed by atoms with Crippen LogP contribution in [0.15, 0.2) is 126 Å². The van der Waals surface area contributed by atoms with Crippen LogP contribution >= 0.6 is 0 Å². The number of sulfonamides is 2. The smallest absolute Gasteiger partial charge is 0.277 e. The molecule has 0 spiro atoms. The van der Waals surface area contributed by atoms with Gasteiger partial charge in [-0.05, 0) is 85.6 Å². The molecular weight excluding hydrogens is 1240 g/mol. The van der Waals surface area contributed by atoms with Gasteiger partial charge in [-0.2, -0.15) is 63.2 Å². The van der Waals surface area contributed by atoms with Gasteiger partial charge in [-0.15, -0.1) is 8.73 Å². The number of hydrogen-bond acceptors (Lipinski definition) is 12. The van der Waals surface area contributed by atoms with Gasteiger partial charge in [0, 0.05) is 35.3 Å². The highest BCUT2D eigenvalue weighted by Gasteiger charge is 2.50. The van der Waals surface area contributed by atoms with E-state index in [9.17, 15) is 108 Å². The van der Waals surface area contributed by atoms with Crippen LogP contribution in [0.2, 0.25) is 0 Å². The van der Waals surface area contributed by atoms with E-state index in [1.54, 1.807) is 12.1 Å². The Morgan fingerprint density at radius 1 is 0.541 bits per heavy atom. The fourth-order valence-corrected chi connectivity index (χ4v) is 13.0. The van der Waals surface area contributed by atoms with Gasteiger partial charge in [-0.3, -0.25) is 19.4 Å². The molecule has 0 bridgehead atoms. The Balaban J connectivity index is 0.000000360. The number of allylic oxidation sites excluding steroid dienone is 2. The summed E-state index contributed by atoms with van der Waals surface area (Å²) < 4.78 is 242. The topological polar surface area (TPSA) is 265 Å². The summed E-state index contributed by atoms with van der Waals surface area (Å²) in [6.07, 6.45) is -18.6. The summed E-state index contributed by atoms with van der Waals surface area (Å²) in [6.45, 7) is 17.7. The first-order valence-corrected chi connectivity index (χ1v) is 29.8. The quantitative estimate of drug-likeness (QED) is 0.118. The van der Waals surface area contributed by atoms with Crippen LogP contribution in [0.4, 0.5) is 73.6 Å². The van der Waals surface area contributed by atoms with E-state index in [2.05, 4.69) is 18.4 Å². The van der Waals surface area contributed by atoms with Gasteiger partial charge in [0.1, 0.15) is 12.1 Å². The standard InChI is InChI=1S/2C24H17F6N5O5S2.CH4/c2*1-13-19(32-2)20(17-9-8-14(12-31)10-18(17)41(3,38)33-21(36)24(28,29)30)35(42(4,39)40)22(37)34(13)16-7-5-6-15(11-16)23(25,26)27;/h2*5-11,20H,1,3-4H3;1H4/t20-,41+;20-,41-;/m11./s1. The van der Waals surface area contributed by atoms with E-state index < -0.39 is 155 Å². The maximum atomic E-state index is 13.7. The van der Waals surface area contributed by atoms with Crippen molar-refractivity contribution in [3.63, 3.8) is 0 Å². The second-order valence-corrected chi connectivity index (χ2v) is 25.7. The number of halogens is 12. The number of anilines is 2. The summed E-state index contributed by atoms with van der Waals surface area (Å²) in [7, 11) is -18.3. The van der Waals surface area contributed by atoms with Crippen LogP contribution in [-0.4, -0.2) is 95.1 Å². The summed E-state index contributed by atoms with van der Waals surface area (Å²) in [5, 5.41) is 18.6. The predicted octanol–water partition coefficient (Wildman–Crippen LogP) is 11.1. The molecule has 2 heterocycles. The largest absolute Gasteiger partial charge is 0.474 e. The van der Waals surface area contributed by atoms with Gasteiger partial charge in [0.15, 0.2) is 0 Å². The molecule has 4 aromatic carbocycles. The van der Waals surface area contributed by atoms with Gasteiger partial charge < -0.3 is 0 Å². The van der Waals surface area contributed by atoms with E-state index >= 15 is 0 Å². The molecule has 6 rings (SSSR count). The van der Waals surface area contributed by atoms with Crippen molar-refractivity contribution in [3.05, 3.63) is 164 Å². The minimum atomic E-state index is -5.55. The van der Waals surface area contributed by atoms with E-state index in [0.29, 0.717) is 59.1 Å². The van der Waals surface area contributed by atoms with Crippen molar-refractivity contribution in [2.75, 3.05) is 34.8 Å². The molecular formula is C49H38F12N10O10S4. The van der Waals surface area contributed by atoms with E-state index in [4.69, 9.17) is 13.1 Å². The van der Waals surface area contributed by atoms with E-state index in [0.717, 1.165) is 74.5 Å². The van der Waals surface area contributed by atoms with Gasteiger partial charge in [0.25, 0.3) is 0 Å². The second-order valence-electron chi connectivity index (χ2n) is 17.5. The number of alkyl halides is 12. The van der Waals surface area contributed by atoms with Crippen LogP contribution in [0.25, 0.3) is 9.69 Å². The van der Waals surface area contributed by atoms with Crippen LogP contribution in [0.1, 0.15) is 66.7 Å². The number of urea groups is 2. The fourth-order valence-electron chi connectivity index (χ4n) is 8.13. The van der Waals surface area contributed by atoms with Gasteiger partial charge >= 0.3 is 48.6 Å². The maximum absolute atomic E-state index is 13.7. The fraction of sp³-hybridized carbons (Fsp3) is 0.265. The molecule has 0 saturated heterocycles. The summed E-state index contributed by atoms with van der Waals surface area (Å²) in [5.41, 5.74) is -6.95. The molecule has 6 amide bonds. The molecule has 0 saturated carbocycles. The zero-order valence-electron chi connectivity index (χ0n) is 43.0. The van der Waals surface area contributed by atoms with Crippen molar-refractivity contribution in [1.29, 1.82) is 10.5 Å². The zero-order valence-corrected chi connectivity index (χ0v) is 46.2. The van der Waals surface area contributed by atoms with Crippen molar-refractivity contribution >= 4 is 74.8 Å².